The van der Waals surface area contributed by atoms with E-state index in [4.69, 9.17) is 4.74 Å². The molecule has 8 rings (SSSR count). The quantitative estimate of drug-likeness (QED) is 0.1000. The van der Waals surface area contributed by atoms with E-state index in [9.17, 15) is 19.6 Å². The Morgan fingerprint density at radius 2 is 1.78 bits per heavy atom. The molecule has 0 radical (unpaired) electrons. The molecular formula is C44H50F2N8O4S. The summed E-state index contributed by atoms with van der Waals surface area (Å²) in [5.74, 6) is -1.41. The number of hydrogen-bond donors (Lipinski definition) is 3. The summed E-state index contributed by atoms with van der Waals surface area (Å²) in [5.41, 5.74) is 2.24. The van der Waals surface area contributed by atoms with Gasteiger partial charge in [0, 0.05) is 42.9 Å². The van der Waals surface area contributed by atoms with Gasteiger partial charge in [-0.1, -0.05) is 13.0 Å². The molecule has 1 spiro atoms. The average molecular weight is 825 g/mol. The van der Waals surface area contributed by atoms with Crippen LogP contribution >= 0.6 is 12.1 Å². The number of ether oxygens (including phenoxy) is 1. The van der Waals surface area contributed by atoms with Crippen LogP contribution in [0.2, 0.25) is 0 Å². The molecule has 2 saturated carbocycles. The summed E-state index contributed by atoms with van der Waals surface area (Å²) in [6, 6.07) is 14.8. The number of fused-ring (bicyclic) bond motifs is 1. The summed E-state index contributed by atoms with van der Waals surface area (Å²) in [4.78, 5) is 44.9. The minimum Gasteiger partial charge on any atom is -0.453 e. The SMILES string of the molecule is CCN(C)SNc1ccc(F)c(Oc2ccc3ncn(C4CCC5(CCN(C6CCC(c7ccc(NC8CCC(=O)NC8=O)cc7F)CC6)CC5)C4)c(=O)c3c2)c1C#N. The van der Waals surface area contributed by atoms with Crippen molar-refractivity contribution in [3.63, 3.8) is 0 Å². The van der Waals surface area contributed by atoms with Crippen molar-refractivity contribution in [3.05, 3.63) is 88.0 Å². The molecule has 1 aromatic heterocycles. The minimum atomic E-state index is -0.680. The third-order valence-electron chi connectivity index (χ3n) is 13.1. The number of amides is 2. The van der Waals surface area contributed by atoms with Gasteiger partial charge in [-0.15, -0.1) is 0 Å². The van der Waals surface area contributed by atoms with Gasteiger partial charge in [0.1, 0.15) is 29.2 Å². The highest BCUT2D eigenvalue weighted by Crippen LogP contribution is 2.51. The maximum atomic E-state index is 15.4. The Morgan fingerprint density at radius 1 is 0.983 bits per heavy atom. The van der Waals surface area contributed by atoms with E-state index in [1.807, 2.05) is 30.4 Å². The van der Waals surface area contributed by atoms with E-state index in [1.54, 1.807) is 29.1 Å². The number of piperidine rings is 2. The number of rotatable bonds is 11. The highest BCUT2D eigenvalue weighted by atomic mass is 32.2. The number of aromatic nitrogens is 2. The van der Waals surface area contributed by atoms with Crippen LogP contribution in [0.25, 0.3) is 10.9 Å². The van der Waals surface area contributed by atoms with Crippen LogP contribution in [0, 0.1) is 28.4 Å². The monoisotopic (exact) mass is 824 g/mol. The topological polar surface area (TPSA) is 145 Å². The molecule has 3 aromatic carbocycles. The number of likely N-dealkylation sites (tertiary alicyclic amines) is 1. The maximum Gasteiger partial charge on any atom is 0.261 e. The lowest BCUT2D eigenvalue weighted by Crippen LogP contribution is -2.47. The first-order valence-corrected chi connectivity index (χ1v) is 21.5. The zero-order valence-electron chi connectivity index (χ0n) is 33.4. The van der Waals surface area contributed by atoms with Crippen molar-refractivity contribution in [1.29, 1.82) is 5.26 Å². The molecule has 310 valence electrons. The fourth-order valence-corrected chi connectivity index (χ4v) is 10.1. The maximum absolute atomic E-state index is 15.4. The van der Waals surface area contributed by atoms with Crippen molar-refractivity contribution in [3.8, 4) is 17.6 Å². The van der Waals surface area contributed by atoms with Crippen LogP contribution in [-0.4, -0.2) is 69.3 Å². The molecule has 3 heterocycles. The Morgan fingerprint density at radius 3 is 2.51 bits per heavy atom. The number of anilines is 2. The molecule has 2 atom stereocenters. The average Bonchev–Trinajstić information content (AvgIpc) is 3.65. The molecule has 2 saturated heterocycles. The number of halogens is 2. The number of nitrogens with zero attached hydrogens (tertiary/aromatic N) is 5. The zero-order valence-corrected chi connectivity index (χ0v) is 34.3. The van der Waals surface area contributed by atoms with Crippen molar-refractivity contribution in [2.24, 2.45) is 5.41 Å². The summed E-state index contributed by atoms with van der Waals surface area (Å²) in [6.07, 6.45) is 11.2. The first kappa shape index (κ1) is 40.7. The van der Waals surface area contributed by atoms with Gasteiger partial charge in [0.25, 0.3) is 5.56 Å². The summed E-state index contributed by atoms with van der Waals surface area (Å²) in [6.45, 7) is 4.77. The Balaban J connectivity index is 0.867. The molecular weight excluding hydrogens is 775 g/mol. The summed E-state index contributed by atoms with van der Waals surface area (Å²) >= 11 is 1.29. The molecule has 15 heteroatoms. The van der Waals surface area contributed by atoms with Crippen molar-refractivity contribution in [2.75, 3.05) is 36.7 Å². The van der Waals surface area contributed by atoms with Gasteiger partial charge in [0.15, 0.2) is 11.6 Å². The molecule has 2 amide bonds. The summed E-state index contributed by atoms with van der Waals surface area (Å²) < 4.78 is 43.2. The van der Waals surface area contributed by atoms with Gasteiger partial charge in [0.2, 0.25) is 11.8 Å². The van der Waals surface area contributed by atoms with Gasteiger partial charge in [-0.3, -0.25) is 24.3 Å². The van der Waals surface area contributed by atoms with Gasteiger partial charge in [-0.05, 0) is 144 Å². The Kier molecular flexibility index (Phi) is 11.9. The number of benzene rings is 3. The zero-order chi connectivity index (χ0) is 41.3. The molecule has 4 fully saturated rings. The van der Waals surface area contributed by atoms with Crippen molar-refractivity contribution < 1.29 is 23.1 Å². The van der Waals surface area contributed by atoms with Gasteiger partial charge in [0.05, 0.1) is 22.9 Å². The van der Waals surface area contributed by atoms with Crippen LogP contribution in [0.15, 0.2) is 59.7 Å². The lowest BCUT2D eigenvalue weighted by Gasteiger charge is -2.45. The second-order valence-corrected chi connectivity index (χ2v) is 17.6. The summed E-state index contributed by atoms with van der Waals surface area (Å²) in [7, 11) is 1.89. The van der Waals surface area contributed by atoms with Crippen LogP contribution in [0.5, 0.6) is 11.5 Å². The van der Waals surface area contributed by atoms with Crippen LogP contribution < -0.4 is 25.7 Å². The normalized spacial score (nSPS) is 23.3. The van der Waals surface area contributed by atoms with Gasteiger partial charge < -0.3 is 19.7 Å². The van der Waals surface area contributed by atoms with Gasteiger partial charge >= 0.3 is 0 Å². The fraction of sp³-hybridized carbons (Fsp3) is 0.477. The van der Waals surface area contributed by atoms with E-state index in [1.165, 1.54) is 30.3 Å². The Labute approximate surface area is 346 Å². The third-order valence-corrected chi connectivity index (χ3v) is 14.0. The lowest BCUT2D eigenvalue weighted by atomic mass is 9.75. The number of nitriles is 1. The number of carbonyl (C=O) groups is 2. The van der Waals surface area contributed by atoms with E-state index < -0.39 is 11.9 Å². The van der Waals surface area contributed by atoms with Gasteiger partial charge in [-0.2, -0.15) is 5.26 Å². The molecule has 4 aliphatic rings. The molecule has 3 N–H and O–H groups in total. The molecule has 2 unspecified atom stereocenters. The van der Waals surface area contributed by atoms with E-state index in [0.717, 1.165) is 83.0 Å². The second-order valence-electron chi connectivity index (χ2n) is 16.6. The van der Waals surface area contributed by atoms with Crippen LogP contribution in [0.4, 0.5) is 20.2 Å². The first-order valence-electron chi connectivity index (χ1n) is 20.7. The van der Waals surface area contributed by atoms with Crippen molar-refractivity contribution in [2.45, 2.75) is 102 Å². The van der Waals surface area contributed by atoms with Crippen molar-refractivity contribution >= 4 is 46.2 Å². The molecule has 12 nitrogen and oxygen atoms in total. The molecule has 59 heavy (non-hydrogen) atoms. The molecule has 2 aliphatic heterocycles. The first-order chi connectivity index (χ1) is 28.5. The summed E-state index contributed by atoms with van der Waals surface area (Å²) in [5, 5.41) is 15.7. The number of nitrogens with one attached hydrogen (secondary N) is 3. The molecule has 2 aliphatic carbocycles. The Hall–Kier alpha value is -5.04. The Bertz CT molecular complexity index is 2340. The predicted molar refractivity (Wildman–Crippen MR) is 224 cm³/mol. The third kappa shape index (κ3) is 8.67. The minimum absolute atomic E-state index is 0.0237. The van der Waals surface area contributed by atoms with E-state index in [0.29, 0.717) is 34.7 Å². The predicted octanol–water partition coefficient (Wildman–Crippen LogP) is 8.02. The highest BCUT2D eigenvalue weighted by molar-refractivity contribution is 7.98. The van der Waals surface area contributed by atoms with Crippen LogP contribution in [0.1, 0.15) is 101 Å². The second kappa shape index (κ2) is 17.3. The number of imide groups is 1. The largest absolute Gasteiger partial charge is 0.453 e. The van der Waals surface area contributed by atoms with Crippen molar-refractivity contribution in [1.82, 2.24) is 24.1 Å². The standard InChI is InChI=1S/C44H50F2N8O4S/c1-3-52(2)59-51-38-13-11-35(45)41(34(38)25-47)58-31-9-12-37-33(23-31)43(57)54(26-48-37)30-16-17-44(24-30)18-20-53(21-19-44)29-7-4-27(5-8-29)32-10-6-28(22-36(32)46)49-39-14-15-40(55)50-42(39)56/h6,9-13,22-23,26-27,29-30,39,49,51H,3-5,7-8,14-21,24H2,1-2H3,(H,50,55,56). The van der Waals surface area contributed by atoms with Gasteiger partial charge in [-0.25, -0.2) is 18.1 Å². The van der Waals surface area contributed by atoms with E-state index in [-0.39, 0.29) is 64.0 Å². The smallest absolute Gasteiger partial charge is 0.261 e. The van der Waals surface area contributed by atoms with E-state index in [2.05, 4.69) is 31.3 Å². The highest BCUT2D eigenvalue weighted by Gasteiger charge is 2.43. The van der Waals surface area contributed by atoms with Crippen LogP contribution in [-0.2, 0) is 9.59 Å². The molecule has 4 aromatic rings. The number of carbonyl (C=O) groups excluding carboxylic acids is 2. The van der Waals surface area contributed by atoms with E-state index >= 15 is 8.78 Å². The number of hydrogen-bond acceptors (Lipinski definition) is 11. The van der Waals surface area contributed by atoms with Crippen LogP contribution in [0.3, 0.4) is 0 Å². The lowest BCUT2D eigenvalue weighted by molar-refractivity contribution is -0.133. The fourth-order valence-electron chi connectivity index (χ4n) is 9.57. The molecule has 0 bridgehead atoms.